The molecule has 27 heavy (non-hydrogen) atoms. The van der Waals surface area contributed by atoms with Crippen LogP contribution < -0.4 is 4.74 Å². The van der Waals surface area contributed by atoms with Crippen LogP contribution in [-0.2, 0) is 5.75 Å². The molecule has 0 aliphatic heterocycles. The molecule has 2 aromatic heterocycles. The Morgan fingerprint density at radius 2 is 2.00 bits per heavy atom. The van der Waals surface area contributed by atoms with Crippen molar-refractivity contribution in [2.75, 3.05) is 7.11 Å². The Balaban J connectivity index is 1.66. The Kier molecular flexibility index (Phi) is 5.15. The van der Waals surface area contributed by atoms with Crippen molar-refractivity contribution in [3.05, 3.63) is 64.4 Å². The van der Waals surface area contributed by atoms with Gasteiger partial charge in [0.25, 0.3) is 0 Å². The van der Waals surface area contributed by atoms with Crippen molar-refractivity contribution in [1.82, 2.24) is 25.0 Å². The lowest BCUT2D eigenvalue weighted by atomic mass is 10.2. The van der Waals surface area contributed by atoms with Crippen LogP contribution in [0.5, 0.6) is 5.75 Å². The monoisotopic (exact) mass is 417 g/mol. The summed E-state index contributed by atoms with van der Waals surface area (Å²) >= 11 is 13.7. The summed E-state index contributed by atoms with van der Waals surface area (Å²) in [5, 5.41) is 10.5. The highest BCUT2D eigenvalue weighted by Gasteiger charge is 2.14. The smallest absolute Gasteiger partial charge is 0.187 e. The SMILES string of the molecule is COc1cccc(-n2nnc3c(SCc4ccc(Cl)cc4Cl)ncnc32)c1. The van der Waals surface area contributed by atoms with Crippen LogP contribution in [0.25, 0.3) is 16.9 Å². The summed E-state index contributed by atoms with van der Waals surface area (Å²) in [5.74, 6) is 1.37. The van der Waals surface area contributed by atoms with Crippen molar-refractivity contribution < 1.29 is 4.74 Å². The number of methoxy groups -OCH3 is 1. The molecule has 136 valence electrons. The number of nitrogens with zero attached hydrogens (tertiary/aromatic N) is 5. The zero-order valence-electron chi connectivity index (χ0n) is 14.1. The molecule has 0 radical (unpaired) electrons. The van der Waals surface area contributed by atoms with Gasteiger partial charge in [-0.15, -0.1) is 5.10 Å². The molecule has 0 bridgehead atoms. The van der Waals surface area contributed by atoms with Crippen LogP contribution in [0.2, 0.25) is 10.0 Å². The van der Waals surface area contributed by atoms with E-state index in [9.17, 15) is 0 Å². The fraction of sp³-hybridized carbons (Fsp3) is 0.111. The standard InChI is InChI=1S/C18H13Cl2N5OS/c1-26-14-4-2-3-13(8-14)25-17-16(23-24-25)18(22-10-21-17)27-9-11-5-6-12(19)7-15(11)20/h2-8,10H,9H2,1H3. The number of thioether (sulfide) groups is 1. The molecule has 0 aliphatic carbocycles. The molecule has 0 saturated heterocycles. The second-order valence-corrected chi connectivity index (χ2v) is 7.39. The van der Waals surface area contributed by atoms with Gasteiger partial charge in [0, 0.05) is 21.9 Å². The molecule has 0 unspecified atom stereocenters. The molecule has 4 aromatic rings. The highest BCUT2D eigenvalue weighted by Crippen LogP contribution is 2.30. The maximum absolute atomic E-state index is 6.25. The number of ether oxygens (including phenoxy) is 1. The first kappa shape index (κ1) is 18.0. The first-order valence-electron chi connectivity index (χ1n) is 7.93. The van der Waals surface area contributed by atoms with Crippen LogP contribution in [0, 0.1) is 0 Å². The lowest BCUT2D eigenvalue weighted by Gasteiger charge is -2.06. The van der Waals surface area contributed by atoms with Gasteiger partial charge in [0.2, 0.25) is 0 Å². The van der Waals surface area contributed by atoms with E-state index in [1.165, 1.54) is 18.1 Å². The van der Waals surface area contributed by atoms with Crippen LogP contribution in [0.1, 0.15) is 5.56 Å². The molecule has 9 heteroatoms. The van der Waals surface area contributed by atoms with E-state index in [0.717, 1.165) is 22.0 Å². The van der Waals surface area contributed by atoms with E-state index >= 15 is 0 Å². The van der Waals surface area contributed by atoms with Gasteiger partial charge in [-0.3, -0.25) is 0 Å². The van der Waals surface area contributed by atoms with E-state index in [2.05, 4.69) is 20.3 Å². The fourth-order valence-electron chi connectivity index (χ4n) is 2.53. The third-order valence-corrected chi connectivity index (χ3v) is 5.50. The molecule has 2 aromatic carbocycles. The van der Waals surface area contributed by atoms with Crippen LogP contribution in [0.4, 0.5) is 0 Å². The molecule has 0 saturated carbocycles. The minimum absolute atomic E-state index is 0.611. The number of fused-ring (bicyclic) bond motifs is 1. The van der Waals surface area contributed by atoms with E-state index in [1.807, 2.05) is 36.4 Å². The minimum atomic E-state index is 0.611. The number of rotatable bonds is 5. The maximum Gasteiger partial charge on any atom is 0.187 e. The molecule has 2 heterocycles. The van der Waals surface area contributed by atoms with Crippen LogP contribution in [0.3, 0.4) is 0 Å². The summed E-state index contributed by atoms with van der Waals surface area (Å²) in [6.07, 6.45) is 1.51. The average molecular weight is 418 g/mol. The second-order valence-electron chi connectivity index (χ2n) is 5.58. The van der Waals surface area contributed by atoms with Crippen molar-refractivity contribution in [3.8, 4) is 11.4 Å². The third kappa shape index (κ3) is 3.71. The quantitative estimate of drug-likeness (QED) is 0.342. The summed E-state index contributed by atoms with van der Waals surface area (Å²) in [6, 6.07) is 13.0. The van der Waals surface area contributed by atoms with E-state index in [-0.39, 0.29) is 0 Å². The molecule has 4 rings (SSSR count). The number of benzene rings is 2. The van der Waals surface area contributed by atoms with Crippen molar-refractivity contribution >= 4 is 46.1 Å². The van der Waals surface area contributed by atoms with Gasteiger partial charge in [0.05, 0.1) is 12.8 Å². The van der Waals surface area contributed by atoms with Gasteiger partial charge in [0.15, 0.2) is 11.2 Å². The number of hydrogen-bond acceptors (Lipinski definition) is 6. The second kappa shape index (κ2) is 7.72. The molecule has 0 spiro atoms. The Morgan fingerprint density at radius 1 is 1.11 bits per heavy atom. The largest absolute Gasteiger partial charge is 0.497 e. The molecule has 6 nitrogen and oxygen atoms in total. The van der Waals surface area contributed by atoms with Crippen molar-refractivity contribution in [2.45, 2.75) is 10.8 Å². The average Bonchev–Trinajstić information content (AvgIpc) is 3.12. The van der Waals surface area contributed by atoms with Gasteiger partial charge in [0.1, 0.15) is 17.1 Å². The lowest BCUT2D eigenvalue weighted by Crippen LogP contribution is -1.98. The van der Waals surface area contributed by atoms with Crippen molar-refractivity contribution in [3.63, 3.8) is 0 Å². The predicted octanol–water partition coefficient (Wildman–Crippen LogP) is 4.82. The third-order valence-electron chi connectivity index (χ3n) is 3.88. The number of aromatic nitrogens is 5. The van der Waals surface area contributed by atoms with Gasteiger partial charge in [-0.1, -0.05) is 52.3 Å². The molecular formula is C18H13Cl2N5OS. The minimum Gasteiger partial charge on any atom is -0.497 e. The topological polar surface area (TPSA) is 65.7 Å². The van der Waals surface area contributed by atoms with Crippen LogP contribution in [-0.4, -0.2) is 32.1 Å². The van der Waals surface area contributed by atoms with Crippen molar-refractivity contribution in [2.24, 2.45) is 0 Å². The van der Waals surface area contributed by atoms with Gasteiger partial charge in [-0.25, -0.2) is 9.97 Å². The summed E-state index contributed by atoms with van der Waals surface area (Å²) in [4.78, 5) is 8.70. The predicted molar refractivity (Wildman–Crippen MR) is 107 cm³/mol. The fourth-order valence-corrected chi connectivity index (χ4v) is 4.02. The maximum atomic E-state index is 6.25. The molecular weight excluding hydrogens is 405 g/mol. The summed E-state index contributed by atoms with van der Waals surface area (Å²) in [5.41, 5.74) is 3.05. The van der Waals surface area contributed by atoms with Gasteiger partial charge < -0.3 is 4.74 Å². The first-order valence-corrected chi connectivity index (χ1v) is 9.67. The van der Waals surface area contributed by atoms with E-state index in [1.54, 1.807) is 17.9 Å². The zero-order chi connectivity index (χ0) is 18.8. The van der Waals surface area contributed by atoms with E-state index < -0.39 is 0 Å². The van der Waals surface area contributed by atoms with E-state index in [4.69, 9.17) is 27.9 Å². The summed E-state index contributed by atoms with van der Waals surface area (Å²) in [7, 11) is 1.62. The van der Waals surface area contributed by atoms with Gasteiger partial charge in [-0.2, -0.15) is 4.68 Å². The Morgan fingerprint density at radius 3 is 2.81 bits per heavy atom. The molecule has 0 amide bonds. The summed E-state index contributed by atoms with van der Waals surface area (Å²) < 4.78 is 6.94. The van der Waals surface area contributed by atoms with Crippen LogP contribution in [0.15, 0.2) is 53.8 Å². The molecule has 0 N–H and O–H groups in total. The number of hydrogen-bond donors (Lipinski definition) is 0. The Hall–Kier alpha value is -2.35. The Bertz CT molecular complexity index is 1120. The lowest BCUT2D eigenvalue weighted by molar-refractivity contribution is 0.414. The highest BCUT2D eigenvalue weighted by atomic mass is 35.5. The summed E-state index contributed by atoms with van der Waals surface area (Å²) in [6.45, 7) is 0. The van der Waals surface area contributed by atoms with Gasteiger partial charge in [-0.05, 0) is 29.8 Å². The Labute approximate surface area is 169 Å². The zero-order valence-corrected chi connectivity index (χ0v) is 16.5. The molecule has 0 fully saturated rings. The number of halogens is 2. The molecule has 0 aliphatic rings. The van der Waals surface area contributed by atoms with Gasteiger partial charge >= 0.3 is 0 Å². The van der Waals surface area contributed by atoms with E-state index in [0.29, 0.717) is 27.0 Å². The molecule has 0 atom stereocenters. The first-order chi connectivity index (χ1) is 13.2. The van der Waals surface area contributed by atoms with Crippen LogP contribution >= 0.6 is 35.0 Å². The normalized spacial score (nSPS) is 11.1. The highest BCUT2D eigenvalue weighted by molar-refractivity contribution is 7.98. The van der Waals surface area contributed by atoms with Crippen molar-refractivity contribution in [1.29, 1.82) is 0 Å².